The number of furan rings is 1. The van der Waals surface area contributed by atoms with Crippen molar-refractivity contribution in [3.8, 4) is 11.7 Å². The molecular formula is C24H21ClFN3O6S2. The van der Waals surface area contributed by atoms with Crippen LogP contribution in [0.2, 0.25) is 5.02 Å². The van der Waals surface area contributed by atoms with Crippen LogP contribution in [0.5, 0.6) is 0 Å². The highest BCUT2D eigenvalue weighted by molar-refractivity contribution is 7.91. The van der Waals surface area contributed by atoms with Crippen molar-refractivity contribution in [3.05, 3.63) is 77.3 Å². The Morgan fingerprint density at radius 3 is 2.24 bits per heavy atom. The van der Waals surface area contributed by atoms with Crippen LogP contribution in [-0.2, 0) is 19.9 Å². The fourth-order valence-corrected chi connectivity index (χ4v) is 6.92. The highest BCUT2D eigenvalue weighted by Crippen LogP contribution is 2.36. The molecule has 0 aliphatic carbocycles. The smallest absolute Gasteiger partial charge is 0.266 e. The third-order valence-corrected chi connectivity index (χ3v) is 9.80. The summed E-state index contributed by atoms with van der Waals surface area (Å²) in [5, 5.41) is 0.0657. The monoisotopic (exact) mass is 565 g/mol. The maximum atomic E-state index is 13.7. The van der Waals surface area contributed by atoms with E-state index >= 15 is 0 Å². The van der Waals surface area contributed by atoms with Crippen LogP contribution < -0.4 is 4.90 Å². The van der Waals surface area contributed by atoms with Gasteiger partial charge in [0.15, 0.2) is 5.76 Å². The lowest BCUT2D eigenvalue weighted by atomic mass is 10.2. The first-order valence-electron chi connectivity index (χ1n) is 11.1. The van der Waals surface area contributed by atoms with E-state index in [1.165, 1.54) is 53.9 Å². The molecule has 1 saturated heterocycles. The van der Waals surface area contributed by atoms with Crippen LogP contribution >= 0.6 is 11.6 Å². The molecule has 9 nitrogen and oxygen atoms in total. The molecule has 13 heteroatoms. The number of piperazine rings is 1. The van der Waals surface area contributed by atoms with Gasteiger partial charge >= 0.3 is 0 Å². The van der Waals surface area contributed by atoms with E-state index in [1.54, 1.807) is 17.0 Å². The molecule has 4 aromatic rings. The zero-order valence-electron chi connectivity index (χ0n) is 19.5. The van der Waals surface area contributed by atoms with Gasteiger partial charge in [0, 0.05) is 31.2 Å². The van der Waals surface area contributed by atoms with Crippen LogP contribution in [0.3, 0.4) is 0 Å². The third kappa shape index (κ3) is 4.77. The number of nitrogens with zero attached hydrogens (tertiary/aromatic N) is 3. The van der Waals surface area contributed by atoms with Crippen LogP contribution in [0.15, 0.2) is 84.5 Å². The van der Waals surface area contributed by atoms with Crippen LogP contribution in [0, 0.1) is 12.7 Å². The molecule has 2 aromatic heterocycles. The van der Waals surface area contributed by atoms with Crippen molar-refractivity contribution in [2.75, 3.05) is 31.1 Å². The van der Waals surface area contributed by atoms with Crippen molar-refractivity contribution < 1.29 is 30.1 Å². The zero-order chi connectivity index (χ0) is 26.4. The van der Waals surface area contributed by atoms with Gasteiger partial charge in [0.2, 0.25) is 30.8 Å². The van der Waals surface area contributed by atoms with E-state index in [4.69, 9.17) is 20.4 Å². The summed E-state index contributed by atoms with van der Waals surface area (Å²) in [5.41, 5.74) is 0.226. The SMILES string of the molecule is Cc1cc(S(=O)(=O)N2CCN(c3oc(-c4ccco4)nc3S(=O)(=O)c3ccc(Cl)cc3)CC2)ccc1F. The van der Waals surface area contributed by atoms with Gasteiger partial charge in [0.05, 0.1) is 16.1 Å². The largest absolute Gasteiger partial charge is 0.459 e. The second kappa shape index (κ2) is 9.60. The summed E-state index contributed by atoms with van der Waals surface area (Å²) in [6, 6.07) is 12.5. The van der Waals surface area contributed by atoms with Gasteiger partial charge in [-0.05, 0) is 67.1 Å². The molecule has 0 saturated carbocycles. The van der Waals surface area contributed by atoms with Crippen molar-refractivity contribution in [2.45, 2.75) is 21.7 Å². The van der Waals surface area contributed by atoms with E-state index in [0.717, 1.165) is 6.07 Å². The maximum Gasteiger partial charge on any atom is 0.266 e. The molecule has 0 unspecified atom stereocenters. The number of rotatable bonds is 6. The van der Waals surface area contributed by atoms with Gasteiger partial charge in [-0.25, -0.2) is 21.2 Å². The molecule has 0 atom stereocenters. The second-order valence-electron chi connectivity index (χ2n) is 8.37. The van der Waals surface area contributed by atoms with Crippen molar-refractivity contribution in [1.82, 2.24) is 9.29 Å². The first-order valence-corrected chi connectivity index (χ1v) is 14.4. The summed E-state index contributed by atoms with van der Waals surface area (Å²) in [6.45, 7) is 1.87. The number of halogens is 2. The number of hydrogen-bond acceptors (Lipinski definition) is 8. The predicted molar refractivity (Wildman–Crippen MR) is 133 cm³/mol. The van der Waals surface area contributed by atoms with Crippen molar-refractivity contribution in [2.24, 2.45) is 0 Å². The minimum Gasteiger partial charge on any atom is -0.459 e. The van der Waals surface area contributed by atoms with E-state index in [2.05, 4.69) is 4.98 Å². The van der Waals surface area contributed by atoms with Gasteiger partial charge in [-0.1, -0.05) is 11.6 Å². The number of sulfone groups is 1. The van der Waals surface area contributed by atoms with Gasteiger partial charge in [0.1, 0.15) is 5.82 Å². The topological polar surface area (TPSA) is 114 Å². The van der Waals surface area contributed by atoms with Crippen molar-refractivity contribution >= 4 is 37.3 Å². The van der Waals surface area contributed by atoms with Gasteiger partial charge in [-0.3, -0.25) is 0 Å². The second-order valence-corrected chi connectivity index (χ2v) is 12.6. The maximum absolute atomic E-state index is 13.7. The van der Waals surface area contributed by atoms with E-state index in [9.17, 15) is 21.2 Å². The standard InChI is InChI=1S/C24H21ClFN3O6S2/c1-16-15-19(8-9-20(16)26)37(32,33)29-12-10-28(11-13-29)24-23(27-22(35-24)21-3-2-14-34-21)36(30,31)18-6-4-17(25)5-7-18/h2-9,14-15H,10-13H2,1H3. The lowest BCUT2D eigenvalue weighted by molar-refractivity contribution is 0.372. The minimum atomic E-state index is -4.11. The molecule has 5 rings (SSSR count). The third-order valence-electron chi connectivity index (χ3n) is 5.98. The number of aryl methyl sites for hydroxylation is 1. The van der Waals surface area contributed by atoms with Gasteiger partial charge in [0.25, 0.3) is 5.89 Å². The Bertz CT molecular complexity index is 1640. The van der Waals surface area contributed by atoms with E-state index in [0.29, 0.717) is 5.02 Å². The summed E-state index contributed by atoms with van der Waals surface area (Å²) < 4.78 is 79.4. The highest BCUT2D eigenvalue weighted by atomic mass is 35.5. The normalized spacial score (nSPS) is 15.3. The summed E-state index contributed by atoms with van der Waals surface area (Å²) >= 11 is 5.92. The number of hydrogen-bond donors (Lipinski definition) is 0. The molecule has 0 amide bonds. The number of sulfonamides is 1. The Morgan fingerprint density at radius 2 is 1.62 bits per heavy atom. The fraction of sp³-hybridized carbons (Fsp3) is 0.208. The molecule has 1 fully saturated rings. The molecule has 194 valence electrons. The molecule has 1 aliphatic heterocycles. The summed E-state index contributed by atoms with van der Waals surface area (Å²) in [6.07, 6.45) is 1.41. The van der Waals surface area contributed by atoms with Gasteiger partial charge in [-0.2, -0.15) is 9.29 Å². The molecule has 2 aromatic carbocycles. The molecular weight excluding hydrogens is 545 g/mol. The Morgan fingerprint density at radius 1 is 0.946 bits per heavy atom. The summed E-state index contributed by atoms with van der Waals surface area (Å²) in [7, 11) is -7.99. The van der Waals surface area contributed by atoms with Gasteiger partial charge < -0.3 is 13.7 Å². The lowest BCUT2D eigenvalue weighted by Crippen LogP contribution is -2.48. The van der Waals surface area contributed by atoms with Crippen molar-refractivity contribution in [1.29, 1.82) is 0 Å². The van der Waals surface area contributed by atoms with Crippen LogP contribution in [0.25, 0.3) is 11.7 Å². The van der Waals surface area contributed by atoms with Crippen LogP contribution in [0.4, 0.5) is 10.3 Å². The summed E-state index contributed by atoms with van der Waals surface area (Å²) in [5.74, 6) is -0.289. The van der Waals surface area contributed by atoms with E-state index in [1.807, 2.05) is 0 Å². The Hall–Kier alpha value is -3.19. The lowest BCUT2D eigenvalue weighted by Gasteiger charge is -2.34. The number of aromatic nitrogens is 1. The van der Waals surface area contributed by atoms with Crippen LogP contribution in [0.1, 0.15) is 5.56 Å². The number of oxazole rings is 1. The van der Waals surface area contributed by atoms with Gasteiger partial charge in [-0.15, -0.1) is 0 Å². The Kier molecular flexibility index (Phi) is 6.61. The first kappa shape index (κ1) is 25.5. The van der Waals surface area contributed by atoms with E-state index < -0.39 is 25.7 Å². The minimum absolute atomic E-state index is 0.00868. The first-order chi connectivity index (χ1) is 17.6. The molecule has 37 heavy (non-hydrogen) atoms. The molecule has 0 bridgehead atoms. The highest BCUT2D eigenvalue weighted by Gasteiger charge is 2.35. The molecule has 3 heterocycles. The zero-order valence-corrected chi connectivity index (χ0v) is 21.9. The van der Waals surface area contributed by atoms with Crippen LogP contribution in [-0.4, -0.2) is 52.3 Å². The predicted octanol–water partition coefficient (Wildman–Crippen LogP) is 4.38. The molecule has 0 N–H and O–H groups in total. The molecule has 1 aliphatic rings. The Balaban J connectivity index is 1.46. The molecule has 0 spiro atoms. The Labute approximate surface area is 218 Å². The quantitative estimate of drug-likeness (QED) is 0.338. The fourth-order valence-electron chi connectivity index (χ4n) is 3.96. The average molecular weight is 566 g/mol. The number of benzene rings is 2. The average Bonchev–Trinajstić information content (AvgIpc) is 3.57. The van der Waals surface area contributed by atoms with Crippen molar-refractivity contribution in [3.63, 3.8) is 0 Å². The van der Waals surface area contributed by atoms with E-state index in [-0.39, 0.29) is 64.1 Å². The summed E-state index contributed by atoms with van der Waals surface area (Å²) in [4.78, 5) is 5.84. The number of anilines is 1. The molecule has 0 radical (unpaired) electrons.